The summed E-state index contributed by atoms with van der Waals surface area (Å²) in [7, 11) is 0. The molecule has 2 heteroatoms. The Bertz CT molecular complexity index is 287. The van der Waals surface area contributed by atoms with Gasteiger partial charge in [-0.15, -0.1) is 0 Å². The molecule has 0 heterocycles. The van der Waals surface area contributed by atoms with Crippen LogP contribution in [0.2, 0.25) is 0 Å². The second kappa shape index (κ2) is 5.70. The van der Waals surface area contributed by atoms with Crippen molar-refractivity contribution in [2.24, 2.45) is 17.8 Å². The van der Waals surface area contributed by atoms with Crippen molar-refractivity contribution < 1.29 is 9.53 Å². The van der Waals surface area contributed by atoms with Crippen molar-refractivity contribution >= 4 is 5.97 Å². The van der Waals surface area contributed by atoms with Crippen molar-refractivity contribution in [3.8, 4) is 0 Å². The van der Waals surface area contributed by atoms with E-state index in [2.05, 4.69) is 26.0 Å². The smallest absolute Gasteiger partial charge is 0.309 e. The normalized spacial score (nSPS) is 37.8. The van der Waals surface area contributed by atoms with Gasteiger partial charge in [0.2, 0.25) is 0 Å². The van der Waals surface area contributed by atoms with Gasteiger partial charge >= 0.3 is 5.97 Å². The Hall–Kier alpha value is -0.790. The van der Waals surface area contributed by atoms with E-state index in [-0.39, 0.29) is 18.0 Å². The molecule has 0 aromatic heterocycles. The summed E-state index contributed by atoms with van der Waals surface area (Å²) in [6.07, 6.45) is 10.9. The highest BCUT2D eigenvalue weighted by Gasteiger charge is 2.30. The molecule has 0 aromatic carbocycles. The third-order valence-electron chi connectivity index (χ3n) is 4.30. The molecule has 2 nitrogen and oxygen atoms in total. The predicted octanol–water partition coefficient (Wildman–Crippen LogP) is 3.71. The molecule has 96 valence electrons. The molecule has 2 aliphatic carbocycles. The molecule has 2 atom stereocenters. The van der Waals surface area contributed by atoms with Gasteiger partial charge in [0.1, 0.15) is 6.10 Å². The van der Waals surface area contributed by atoms with E-state index < -0.39 is 0 Å². The Kier molecular flexibility index (Phi) is 4.25. The van der Waals surface area contributed by atoms with Crippen LogP contribution < -0.4 is 0 Å². The molecular weight excluding hydrogens is 212 g/mol. The van der Waals surface area contributed by atoms with Crippen LogP contribution in [0.5, 0.6) is 0 Å². The van der Waals surface area contributed by atoms with Crippen molar-refractivity contribution in [3.63, 3.8) is 0 Å². The van der Waals surface area contributed by atoms with Gasteiger partial charge in [-0.2, -0.15) is 0 Å². The molecule has 0 spiro atoms. The molecule has 2 rings (SSSR count). The summed E-state index contributed by atoms with van der Waals surface area (Å²) < 4.78 is 5.68. The van der Waals surface area contributed by atoms with Gasteiger partial charge in [0.15, 0.2) is 0 Å². The molecule has 0 saturated heterocycles. The number of esters is 1. The highest BCUT2D eigenvalue weighted by atomic mass is 16.5. The molecule has 2 aliphatic rings. The number of carbonyl (C=O) groups excluding carboxylic acids is 1. The Morgan fingerprint density at radius 3 is 2.35 bits per heavy atom. The number of ether oxygens (including phenoxy) is 1. The SMILES string of the molecule is CC1CCC(OC(=O)[C@@H]2CC=CC[C@@H]2C)CC1. The number of hydrogen-bond acceptors (Lipinski definition) is 2. The van der Waals surface area contributed by atoms with Crippen LogP contribution >= 0.6 is 0 Å². The van der Waals surface area contributed by atoms with Crippen LogP contribution in [0.3, 0.4) is 0 Å². The molecule has 1 fully saturated rings. The molecule has 1 saturated carbocycles. The summed E-state index contributed by atoms with van der Waals surface area (Å²) in [4.78, 5) is 12.1. The van der Waals surface area contributed by atoms with Gasteiger partial charge in [0.05, 0.1) is 5.92 Å². The lowest BCUT2D eigenvalue weighted by Crippen LogP contribution is -2.31. The maximum atomic E-state index is 12.1. The second-order valence-electron chi connectivity index (χ2n) is 5.85. The van der Waals surface area contributed by atoms with E-state index in [0.717, 1.165) is 31.6 Å². The van der Waals surface area contributed by atoms with Gasteiger partial charge in [-0.05, 0) is 50.4 Å². The first-order valence-corrected chi connectivity index (χ1v) is 7.02. The Balaban J connectivity index is 1.82. The number of allylic oxidation sites excluding steroid dienone is 2. The van der Waals surface area contributed by atoms with Crippen LogP contribution in [-0.4, -0.2) is 12.1 Å². The molecule has 0 radical (unpaired) electrons. The van der Waals surface area contributed by atoms with Gasteiger partial charge in [-0.1, -0.05) is 26.0 Å². The first kappa shape index (κ1) is 12.7. The van der Waals surface area contributed by atoms with Crippen LogP contribution in [0.15, 0.2) is 12.2 Å². The van der Waals surface area contributed by atoms with E-state index in [9.17, 15) is 4.79 Å². The lowest BCUT2D eigenvalue weighted by atomic mass is 9.84. The molecule has 17 heavy (non-hydrogen) atoms. The summed E-state index contributed by atoms with van der Waals surface area (Å²) >= 11 is 0. The average Bonchev–Trinajstić information content (AvgIpc) is 2.32. The first-order chi connectivity index (χ1) is 8.16. The van der Waals surface area contributed by atoms with Gasteiger partial charge in [-0.25, -0.2) is 0 Å². The van der Waals surface area contributed by atoms with Crippen molar-refractivity contribution in [3.05, 3.63) is 12.2 Å². The molecule has 0 bridgehead atoms. The molecular formula is C15H24O2. The fourth-order valence-corrected chi connectivity index (χ4v) is 2.88. The predicted molar refractivity (Wildman–Crippen MR) is 68.5 cm³/mol. The summed E-state index contributed by atoms with van der Waals surface area (Å²) in [6, 6.07) is 0. The van der Waals surface area contributed by atoms with E-state index in [1.807, 2.05) is 0 Å². The van der Waals surface area contributed by atoms with Crippen LogP contribution in [0, 0.1) is 17.8 Å². The summed E-state index contributed by atoms with van der Waals surface area (Å²) in [5, 5.41) is 0. The molecule has 0 aliphatic heterocycles. The summed E-state index contributed by atoms with van der Waals surface area (Å²) in [5.74, 6) is 1.39. The van der Waals surface area contributed by atoms with Gasteiger partial charge in [0.25, 0.3) is 0 Å². The maximum absolute atomic E-state index is 12.1. The van der Waals surface area contributed by atoms with Crippen LogP contribution in [-0.2, 0) is 9.53 Å². The third-order valence-corrected chi connectivity index (χ3v) is 4.30. The quantitative estimate of drug-likeness (QED) is 0.539. The topological polar surface area (TPSA) is 26.3 Å². The largest absolute Gasteiger partial charge is 0.462 e. The minimum atomic E-state index is 0.0430. The zero-order chi connectivity index (χ0) is 12.3. The third kappa shape index (κ3) is 3.34. The lowest BCUT2D eigenvalue weighted by Gasteiger charge is -2.29. The Morgan fingerprint density at radius 2 is 1.71 bits per heavy atom. The average molecular weight is 236 g/mol. The second-order valence-corrected chi connectivity index (χ2v) is 5.85. The van der Waals surface area contributed by atoms with Crippen molar-refractivity contribution in [2.75, 3.05) is 0 Å². The Labute approximate surface area is 104 Å². The van der Waals surface area contributed by atoms with E-state index >= 15 is 0 Å². The van der Waals surface area contributed by atoms with E-state index in [1.165, 1.54) is 12.8 Å². The minimum absolute atomic E-state index is 0.0430. The van der Waals surface area contributed by atoms with Gasteiger partial charge in [0, 0.05) is 0 Å². The zero-order valence-corrected chi connectivity index (χ0v) is 11.0. The van der Waals surface area contributed by atoms with Gasteiger partial charge < -0.3 is 4.74 Å². The van der Waals surface area contributed by atoms with Crippen LogP contribution in [0.4, 0.5) is 0 Å². The van der Waals surface area contributed by atoms with Crippen molar-refractivity contribution in [1.29, 1.82) is 0 Å². The highest BCUT2D eigenvalue weighted by Crippen LogP contribution is 2.30. The van der Waals surface area contributed by atoms with E-state index in [0.29, 0.717) is 5.92 Å². The maximum Gasteiger partial charge on any atom is 0.309 e. The number of rotatable bonds is 2. The van der Waals surface area contributed by atoms with Gasteiger partial charge in [-0.3, -0.25) is 4.79 Å². The van der Waals surface area contributed by atoms with E-state index in [4.69, 9.17) is 4.74 Å². The molecule has 0 unspecified atom stereocenters. The molecule has 0 amide bonds. The molecule has 0 aromatic rings. The van der Waals surface area contributed by atoms with Crippen LogP contribution in [0.1, 0.15) is 52.4 Å². The minimum Gasteiger partial charge on any atom is -0.462 e. The monoisotopic (exact) mass is 236 g/mol. The highest BCUT2D eigenvalue weighted by molar-refractivity contribution is 5.73. The fraction of sp³-hybridized carbons (Fsp3) is 0.800. The van der Waals surface area contributed by atoms with Crippen LogP contribution in [0.25, 0.3) is 0 Å². The summed E-state index contributed by atoms with van der Waals surface area (Å²) in [6.45, 7) is 4.43. The number of hydrogen-bond donors (Lipinski definition) is 0. The summed E-state index contributed by atoms with van der Waals surface area (Å²) in [5.41, 5.74) is 0. The fourth-order valence-electron chi connectivity index (χ4n) is 2.88. The standard InChI is InChI=1S/C15H24O2/c1-11-7-9-13(10-8-11)17-15(16)14-6-4-3-5-12(14)2/h3-4,11-14H,5-10H2,1-2H3/t11?,12-,13?,14+/m0/s1. The lowest BCUT2D eigenvalue weighted by molar-refractivity contribution is -0.157. The van der Waals surface area contributed by atoms with Crippen molar-refractivity contribution in [2.45, 2.75) is 58.5 Å². The van der Waals surface area contributed by atoms with E-state index in [1.54, 1.807) is 0 Å². The number of carbonyl (C=O) groups is 1. The first-order valence-electron chi connectivity index (χ1n) is 7.02. The molecule has 0 N–H and O–H groups in total. The Morgan fingerprint density at radius 1 is 1.06 bits per heavy atom. The van der Waals surface area contributed by atoms with Crippen molar-refractivity contribution in [1.82, 2.24) is 0 Å². The zero-order valence-electron chi connectivity index (χ0n) is 11.0.